The summed E-state index contributed by atoms with van der Waals surface area (Å²) in [5, 5.41) is 0. The summed E-state index contributed by atoms with van der Waals surface area (Å²) in [6, 6.07) is 3.86. The summed E-state index contributed by atoms with van der Waals surface area (Å²) in [5.41, 5.74) is 8.83. The van der Waals surface area contributed by atoms with Crippen LogP contribution in [0.2, 0.25) is 0 Å². The Morgan fingerprint density at radius 2 is 2.19 bits per heavy atom. The number of aromatic nitrogens is 1. The maximum absolute atomic E-state index is 11.9. The second kappa shape index (κ2) is 3.74. The van der Waals surface area contributed by atoms with Crippen molar-refractivity contribution in [3.05, 3.63) is 33.7 Å². The second-order valence-electron chi connectivity index (χ2n) is 5.11. The van der Waals surface area contributed by atoms with Crippen LogP contribution in [-0.4, -0.2) is 10.6 Å². The van der Waals surface area contributed by atoms with Crippen LogP contribution in [0.3, 0.4) is 0 Å². The van der Waals surface area contributed by atoms with Gasteiger partial charge >= 0.3 is 0 Å². The molecule has 1 heterocycles. The van der Waals surface area contributed by atoms with E-state index in [1.807, 2.05) is 10.6 Å². The van der Waals surface area contributed by atoms with Gasteiger partial charge in [0.2, 0.25) is 0 Å². The first kappa shape index (κ1) is 10.1. The van der Waals surface area contributed by atoms with Crippen LogP contribution in [0.4, 0.5) is 0 Å². The highest BCUT2D eigenvalue weighted by Crippen LogP contribution is 2.32. The van der Waals surface area contributed by atoms with E-state index in [1.165, 1.54) is 30.5 Å². The average Bonchev–Trinajstić information content (AvgIpc) is 3.01. The lowest BCUT2D eigenvalue weighted by atomic mass is 10.1. The highest BCUT2D eigenvalue weighted by Gasteiger charge is 2.29. The van der Waals surface area contributed by atoms with E-state index >= 15 is 0 Å². The van der Waals surface area contributed by atoms with Crippen LogP contribution >= 0.6 is 0 Å². The summed E-state index contributed by atoms with van der Waals surface area (Å²) in [6.07, 6.45) is 5.82. The number of pyridine rings is 1. The molecule has 1 fully saturated rings. The van der Waals surface area contributed by atoms with Gasteiger partial charge in [-0.3, -0.25) is 4.79 Å². The number of nitrogens with zero attached hydrogens (tertiary/aromatic N) is 1. The highest BCUT2D eigenvalue weighted by molar-refractivity contribution is 5.25. The zero-order valence-electron chi connectivity index (χ0n) is 9.48. The van der Waals surface area contributed by atoms with Crippen molar-refractivity contribution in [2.75, 3.05) is 0 Å². The van der Waals surface area contributed by atoms with Crippen molar-refractivity contribution in [1.29, 1.82) is 0 Å². The largest absolute Gasteiger partial charge is 0.326 e. The molecule has 0 saturated heterocycles. The molecule has 0 aliphatic heterocycles. The molecule has 2 aliphatic carbocycles. The van der Waals surface area contributed by atoms with Gasteiger partial charge in [0.1, 0.15) is 0 Å². The molecule has 3 nitrogen and oxygen atoms in total. The fraction of sp³-hybridized carbons (Fsp3) is 0.615. The quantitative estimate of drug-likeness (QED) is 0.825. The number of nitrogens with two attached hydrogens (primary N) is 1. The smallest absolute Gasteiger partial charge is 0.250 e. The summed E-state index contributed by atoms with van der Waals surface area (Å²) in [5.74, 6) is 0.657. The first-order valence-electron chi connectivity index (χ1n) is 6.23. The molecule has 1 aromatic heterocycles. The van der Waals surface area contributed by atoms with Gasteiger partial charge in [-0.1, -0.05) is 6.07 Å². The van der Waals surface area contributed by atoms with Crippen molar-refractivity contribution in [2.24, 2.45) is 11.7 Å². The average molecular weight is 218 g/mol. The van der Waals surface area contributed by atoms with E-state index in [9.17, 15) is 4.79 Å². The minimum atomic E-state index is 0.122. The molecule has 1 saturated carbocycles. The van der Waals surface area contributed by atoms with Gasteiger partial charge in [0.05, 0.1) is 0 Å². The summed E-state index contributed by atoms with van der Waals surface area (Å²) in [7, 11) is 0. The Morgan fingerprint density at radius 1 is 1.38 bits per heavy atom. The Bertz CT molecular complexity index is 459. The molecular formula is C13H18N2O. The maximum atomic E-state index is 11.9. The van der Waals surface area contributed by atoms with Gasteiger partial charge in [0.25, 0.3) is 5.56 Å². The van der Waals surface area contributed by atoms with Gasteiger partial charge < -0.3 is 10.3 Å². The minimum absolute atomic E-state index is 0.122. The predicted molar refractivity (Wildman–Crippen MR) is 63.4 cm³/mol. The third-order valence-electron chi connectivity index (χ3n) is 3.87. The number of fused-ring (bicyclic) bond motifs is 1. The molecule has 3 rings (SSSR count). The van der Waals surface area contributed by atoms with Crippen molar-refractivity contribution in [3.8, 4) is 0 Å². The molecule has 0 spiro atoms. The maximum Gasteiger partial charge on any atom is 0.250 e. The Labute approximate surface area is 95.3 Å². The lowest BCUT2D eigenvalue weighted by molar-refractivity contribution is 0.483. The van der Waals surface area contributed by atoms with E-state index in [4.69, 9.17) is 5.73 Å². The molecule has 0 amide bonds. The lowest BCUT2D eigenvalue weighted by Crippen LogP contribution is -2.34. The minimum Gasteiger partial charge on any atom is -0.326 e. The van der Waals surface area contributed by atoms with Gasteiger partial charge in [-0.25, -0.2) is 0 Å². The summed E-state index contributed by atoms with van der Waals surface area (Å²) < 4.78 is 1.92. The second-order valence-corrected chi connectivity index (χ2v) is 5.11. The Hall–Kier alpha value is -1.09. The van der Waals surface area contributed by atoms with E-state index in [1.54, 1.807) is 6.07 Å². The molecule has 1 atom stereocenters. The molecule has 1 unspecified atom stereocenters. The van der Waals surface area contributed by atoms with Crippen molar-refractivity contribution in [1.82, 2.24) is 4.57 Å². The fourth-order valence-corrected chi connectivity index (χ4v) is 2.72. The number of rotatable bonds is 3. The third kappa shape index (κ3) is 1.69. The Kier molecular flexibility index (Phi) is 2.36. The monoisotopic (exact) mass is 218 g/mol. The van der Waals surface area contributed by atoms with Crippen molar-refractivity contribution in [3.63, 3.8) is 0 Å². The van der Waals surface area contributed by atoms with Crippen LogP contribution < -0.4 is 11.3 Å². The topological polar surface area (TPSA) is 48.0 Å². The van der Waals surface area contributed by atoms with E-state index in [0.29, 0.717) is 12.5 Å². The van der Waals surface area contributed by atoms with Gasteiger partial charge in [0.15, 0.2) is 0 Å². The molecule has 86 valence electrons. The van der Waals surface area contributed by atoms with Gasteiger partial charge in [-0.05, 0) is 43.6 Å². The highest BCUT2D eigenvalue weighted by atomic mass is 16.1. The molecule has 2 aliphatic rings. The first-order chi connectivity index (χ1) is 7.75. The molecule has 0 aromatic carbocycles. The van der Waals surface area contributed by atoms with E-state index in [0.717, 1.165) is 12.8 Å². The van der Waals surface area contributed by atoms with Crippen LogP contribution in [0.15, 0.2) is 16.9 Å². The lowest BCUT2D eigenvalue weighted by Gasteiger charge is -2.16. The van der Waals surface area contributed by atoms with Crippen LogP contribution in [-0.2, 0) is 19.4 Å². The Morgan fingerprint density at radius 3 is 2.94 bits per heavy atom. The molecule has 16 heavy (non-hydrogen) atoms. The molecular weight excluding hydrogens is 200 g/mol. The van der Waals surface area contributed by atoms with E-state index in [-0.39, 0.29) is 11.6 Å². The zero-order chi connectivity index (χ0) is 11.1. The molecule has 3 heteroatoms. The Balaban J connectivity index is 1.92. The normalized spacial score (nSPS) is 20.8. The summed E-state index contributed by atoms with van der Waals surface area (Å²) in [6.45, 7) is 0.715. The number of aryl methyl sites for hydroxylation is 1. The summed E-state index contributed by atoms with van der Waals surface area (Å²) >= 11 is 0. The van der Waals surface area contributed by atoms with Crippen molar-refractivity contribution in [2.45, 2.75) is 44.7 Å². The number of hydrogen-bond acceptors (Lipinski definition) is 2. The predicted octanol–water partition coefficient (Wildman–Crippen LogP) is 1.07. The summed E-state index contributed by atoms with van der Waals surface area (Å²) in [4.78, 5) is 11.9. The SMILES string of the molecule is NC(Cn1c2c(ccc1=O)CCC2)C1CC1. The zero-order valence-corrected chi connectivity index (χ0v) is 9.48. The number of hydrogen-bond donors (Lipinski definition) is 1. The van der Waals surface area contributed by atoms with Crippen LogP contribution in [0.1, 0.15) is 30.5 Å². The standard InChI is InChI=1S/C13H18N2O/c14-11(9-4-5-9)8-15-12-3-1-2-10(12)6-7-13(15)16/h6-7,9,11H,1-5,8,14H2. The van der Waals surface area contributed by atoms with Crippen LogP contribution in [0, 0.1) is 5.92 Å². The molecule has 0 radical (unpaired) electrons. The molecule has 2 N–H and O–H groups in total. The van der Waals surface area contributed by atoms with Gasteiger partial charge in [-0.15, -0.1) is 0 Å². The van der Waals surface area contributed by atoms with Crippen molar-refractivity contribution < 1.29 is 0 Å². The molecule has 0 bridgehead atoms. The van der Waals surface area contributed by atoms with Gasteiger partial charge in [0, 0.05) is 24.3 Å². The van der Waals surface area contributed by atoms with Crippen LogP contribution in [0.25, 0.3) is 0 Å². The first-order valence-corrected chi connectivity index (χ1v) is 6.23. The van der Waals surface area contributed by atoms with E-state index in [2.05, 4.69) is 0 Å². The van der Waals surface area contributed by atoms with Crippen LogP contribution in [0.5, 0.6) is 0 Å². The van der Waals surface area contributed by atoms with E-state index < -0.39 is 0 Å². The fourth-order valence-electron chi connectivity index (χ4n) is 2.72. The third-order valence-corrected chi connectivity index (χ3v) is 3.87. The van der Waals surface area contributed by atoms with Crippen molar-refractivity contribution >= 4 is 0 Å². The molecule has 1 aromatic rings. The van der Waals surface area contributed by atoms with Gasteiger partial charge in [-0.2, -0.15) is 0 Å².